The van der Waals surface area contributed by atoms with Crippen molar-refractivity contribution in [1.82, 2.24) is 4.90 Å². The molecule has 106 valence electrons. The highest BCUT2D eigenvalue weighted by Crippen LogP contribution is 2.33. The fourth-order valence-electron chi connectivity index (χ4n) is 2.44. The molecule has 2 aromatic rings. The topological polar surface area (TPSA) is 12.5 Å². The summed E-state index contributed by atoms with van der Waals surface area (Å²) in [6.07, 6.45) is 2.64. The van der Waals surface area contributed by atoms with Gasteiger partial charge in [0.2, 0.25) is 0 Å². The van der Waals surface area contributed by atoms with Crippen molar-refractivity contribution in [1.29, 1.82) is 0 Å². The maximum atomic E-state index is 5.47. The van der Waals surface area contributed by atoms with E-state index in [-0.39, 0.29) is 0 Å². The summed E-state index contributed by atoms with van der Waals surface area (Å²) in [6.45, 7) is 1.99. The summed E-state index contributed by atoms with van der Waals surface area (Å²) in [6, 6.07) is 13.4. The highest BCUT2D eigenvalue weighted by molar-refractivity contribution is 9.11. The smallest absolute Gasteiger partial charge is 0.123 e. The minimum atomic E-state index is 0.737. The van der Waals surface area contributed by atoms with Crippen LogP contribution in [0.3, 0.4) is 0 Å². The number of nitrogens with zero attached hydrogens (tertiary/aromatic N) is 1. The lowest BCUT2D eigenvalue weighted by molar-refractivity contribution is 0.244. The van der Waals surface area contributed by atoms with Crippen molar-refractivity contribution in [2.45, 2.75) is 32.0 Å². The van der Waals surface area contributed by atoms with Crippen LogP contribution >= 0.6 is 27.3 Å². The maximum Gasteiger partial charge on any atom is 0.123 e. The SMILES string of the molecule is COc1ccccc1CN(Cc1ccc(Br)s1)C1CC1. The van der Waals surface area contributed by atoms with E-state index in [4.69, 9.17) is 4.74 Å². The van der Waals surface area contributed by atoms with Gasteiger partial charge < -0.3 is 4.74 Å². The lowest BCUT2D eigenvalue weighted by Gasteiger charge is -2.22. The third-order valence-corrected chi connectivity index (χ3v) is 5.23. The Bertz CT molecular complexity index is 579. The third kappa shape index (κ3) is 3.43. The second-order valence-electron chi connectivity index (χ2n) is 5.15. The number of methoxy groups -OCH3 is 1. The Hall–Kier alpha value is -0.840. The molecule has 1 aromatic heterocycles. The van der Waals surface area contributed by atoms with Gasteiger partial charge in [0.05, 0.1) is 10.9 Å². The van der Waals surface area contributed by atoms with Crippen LogP contribution < -0.4 is 4.74 Å². The van der Waals surface area contributed by atoms with E-state index in [1.807, 2.05) is 23.5 Å². The minimum Gasteiger partial charge on any atom is -0.496 e. The van der Waals surface area contributed by atoms with Crippen molar-refractivity contribution >= 4 is 27.3 Å². The first kappa shape index (κ1) is 14.1. The van der Waals surface area contributed by atoms with Crippen LogP contribution in [0, 0.1) is 0 Å². The molecule has 0 radical (unpaired) electrons. The number of benzene rings is 1. The molecular formula is C16H18BrNOS. The number of rotatable bonds is 6. The average Bonchev–Trinajstić information content (AvgIpc) is 3.23. The molecule has 2 nitrogen and oxygen atoms in total. The van der Waals surface area contributed by atoms with Gasteiger partial charge in [-0.1, -0.05) is 18.2 Å². The zero-order chi connectivity index (χ0) is 13.9. The predicted octanol–water partition coefficient (Wildman–Crippen LogP) is 4.68. The zero-order valence-corrected chi connectivity index (χ0v) is 13.9. The molecule has 0 spiro atoms. The van der Waals surface area contributed by atoms with Gasteiger partial charge in [-0.15, -0.1) is 11.3 Å². The van der Waals surface area contributed by atoms with Crippen molar-refractivity contribution in [3.63, 3.8) is 0 Å². The van der Waals surface area contributed by atoms with E-state index in [0.29, 0.717) is 0 Å². The monoisotopic (exact) mass is 351 g/mol. The first-order valence-corrected chi connectivity index (χ1v) is 8.47. The van der Waals surface area contributed by atoms with Gasteiger partial charge in [0.15, 0.2) is 0 Å². The average molecular weight is 352 g/mol. The molecule has 0 atom stereocenters. The molecule has 0 amide bonds. The van der Waals surface area contributed by atoms with Gasteiger partial charge in [0.1, 0.15) is 5.75 Å². The summed E-state index contributed by atoms with van der Waals surface area (Å²) in [4.78, 5) is 3.98. The Labute approximate surface area is 132 Å². The number of hydrogen-bond acceptors (Lipinski definition) is 3. The van der Waals surface area contributed by atoms with Crippen LogP contribution in [0.1, 0.15) is 23.3 Å². The Morgan fingerprint density at radius 1 is 1.20 bits per heavy atom. The first-order chi connectivity index (χ1) is 9.76. The maximum absolute atomic E-state index is 5.47. The molecule has 0 unspecified atom stereocenters. The van der Waals surface area contributed by atoms with Crippen LogP contribution in [0.2, 0.25) is 0 Å². The van der Waals surface area contributed by atoms with Crippen LogP contribution in [0.5, 0.6) is 5.75 Å². The fourth-order valence-corrected chi connectivity index (χ4v) is 3.95. The van der Waals surface area contributed by atoms with E-state index in [9.17, 15) is 0 Å². The number of para-hydroxylation sites is 1. The molecule has 20 heavy (non-hydrogen) atoms. The highest BCUT2D eigenvalue weighted by Gasteiger charge is 2.29. The second kappa shape index (κ2) is 6.29. The second-order valence-corrected chi connectivity index (χ2v) is 7.70. The fraction of sp³-hybridized carbons (Fsp3) is 0.375. The molecule has 1 fully saturated rings. The van der Waals surface area contributed by atoms with E-state index in [1.165, 1.54) is 27.1 Å². The summed E-state index contributed by atoms with van der Waals surface area (Å²) in [7, 11) is 1.75. The molecular weight excluding hydrogens is 334 g/mol. The highest BCUT2D eigenvalue weighted by atomic mass is 79.9. The van der Waals surface area contributed by atoms with Gasteiger partial charge >= 0.3 is 0 Å². The predicted molar refractivity (Wildman–Crippen MR) is 87.3 cm³/mol. The van der Waals surface area contributed by atoms with Crippen LogP contribution in [0.15, 0.2) is 40.2 Å². The Morgan fingerprint density at radius 3 is 2.65 bits per heavy atom. The van der Waals surface area contributed by atoms with Gasteiger partial charge in [-0.05, 0) is 47.0 Å². The molecule has 3 rings (SSSR count). The third-order valence-electron chi connectivity index (χ3n) is 3.62. The summed E-state index contributed by atoms with van der Waals surface area (Å²) in [5.41, 5.74) is 1.28. The summed E-state index contributed by atoms with van der Waals surface area (Å²) >= 11 is 5.37. The Morgan fingerprint density at radius 2 is 2.00 bits per heavy atom. The van der Waals surface area contributed by atoms with Crippen LogP contribution in [-0.2, 0) is 13.1 Å². The van der Waals surface area contributed by atoms with Crippen LogP contribution in [-0.4, -0.2) is 18.1 Å². The number of hydrogen-bond donors (Lipinski definition) is 0. The largest absolute Gasteiger partial charge is 0.496 e. The van der Waals surface area contributed by atoms with Crippen molar-refractivity contribution in [2.24, 2.45) is 0 Å². The Balaban J connectivity index is 1.74. The Kier molecular flexibility index (Phi) is 4.44. The molecule has 0 bridgehead atoms. The van der Waals surface area contributed by atoms with E-state index < -0.39 is 0 Å². The van der Waals surface area contributed by atoms with Gasteiger partial charge in [-0.2, -0.15) is 0 Å². The van der Waals surface area contributed by atoms with E-state index in [2.05, 4.69) is 45.1 Å². The molecule has 0 aliphatic heterocycles. The minimum absolute atomic E-state index is 0.737. The molecule has 1 aromatic carbocycles. The molecule has 0 N–H and O–H groups in total. The lowest BCUT2D eigenvalue weighted by atomic mass is 10.2. The lowest BCUT2D eigenvalue weighted by Crippen LogP contribution is -2.24. The number of thiophene rings is 1. The summed E-state index contributed by atoms with van der Waals surface area (Å²) in [5.74, 6) is 0.991. The molecule has 1 heterocycles. The molecule has 1 aliphatic rings. The molecule has 0 saturated heterocycles. The van der Waals surface area contributed by atoms with Gasteiger partial charge in [0.25, 0.3) is 0 Å². The molecule has 1 saturated carbocycles. The number of ether oxygens (including phenoxy) is 1. The standard InChI is InChI=1S/C16H18BrNOS/c1-19-15-5-3-2-4-12(15)10-18(13-6-7-13)11-14-8-9-16(17)20-14/h2-5,8-9,13H,6-7,10-11H2,1H3. The van der Waals surface area contributed by atoms with E-state index in [1.54, 1.807) is 7.11 Å². The van der Waals surface area contributed by atoms with E-state index >= 15 is 0 Å². The molecule has 1 aliphatic carbocycles. The number of halogens is 1. The van der Waals surface area contributed by atoms with Gasteiger partial charge in [0, 0.05) is 29.6 Å². The summed E-state index contributed by atoms with van der Waals surface area (Å²) in [5, 5.41) is 0. The molecule has 4 heteroatoms. The van der Waals surface area contributed by atoms with Crippen molar-refractivity contribution in [2.75, 3.05) is 7.11 Å². The van der Waals surface area contributed by atoms with E-state index in [0.717, 1.165) is 24.9 Å². The van der Waals surface area contributed by atoms with Crippen LogP contribution in [0.25, 0.3) is 0 Å². The summed E-state index contributed by atoms with van der Waals surface area (Å²) < 4.78 is 6.68. The quantitative estimate of drug-likeness (QED) is 0.748. The van der Waals surface area contributed by atoms with Crippen molar-refractivity contribution < 1.29 is 4.74 Å². The first-order valence-electron chi connectivity index (χ1n) is 6.86. The van der Waals surface area contributed by atoms with Gasteiger partial charge in [-0.25, -0.2) is 0 Å². The van der Waals surface area contributed by atoms with Crippen molar-refractivity contribution in [3.8, 4) is 5.75 Å². The normalized spacial score (nSPS) is 14.8. The zero-order valence-electron chi connectivity index (χ0n) is 11.5. The van der Waals surface area contributed by atoms with Crippen LogP contribution in [0.4, 0.5) is 0 Å². The van der Waals surface area contributed by atoms with Crippen molar-refractivity contribution in [3.05, 3.63) is 50.6 Å². The van der Waals surface area contributed by atoms with Gasteiger partial charge in [-0.3, -0.25) is 4.90 Å².